The molecule has 0 saturated heterocycles. The maximum Gasteiger partial charge on any atom is 0.244 e. The second-order valence-electron chi connectivity index (χ2n) is 8.33. The van der Waals surface area contributed by atoms with Crippen molar-refractivity contribution >= 4 is 27.0 Å². The number of nitrogens with zero attached hydrogens (tertiary/aromatic N) is 3. The number of H-pyrrole nitrogens is 1. The van der Waals surface area contributed by atoms with Crippen LogP contribution in [0.1, 0.15) is 13.8 Å². The van der Waals surface area contributed by atoms with Gasteiger partial charge in [0, 0.05) is 11.1 Å². The Balaban J connectivity index is 1.77. The maximum absolute atomic E-state index is 14.6. The molecule has 3 N–H and O–H groups in total. The molecule has 5 rings (SSSR count). The van der Waals surface area contributed by atoms with Crippen molar-refractivity contribution in [2.45, 2.75) is 19.1 Å². The average Bonchev–Trinajstić information content (AvgIpc) is 3.41. The minimum absolute atomic E-state index is 0.0221. The molecule has 3 aromatic carbocycles. The Morgan fingerprint density at radius 3 is 2.40 bits per heavy atom. The van der Waals surface area contributed by atoms with Crippen LogP contribution in [0.5, 0.6) is 0 Å². The first-order chi connectivity index (χ1) is 16.7. The summed E-state index contributed by atoms with van der Waals surface area (Å²) in [5.41, 5.74) is 8.97. The Morgan fingerprint density at radius 2 is 1.69 bits per heavy atom. The highest BCUT2D eigenvalue weighted by Gasteiger charge is 2.25. The topological polar surface area (TPSA) is 107 Å². The first-order valence-electron chi connectivity index (χ1n) is 10.8. The molecule has 5 aromatic rings. The van der Waals surface area contributed by atoms with E-state index in [1.54, 1.807) is 32.0 Å². The largest absolute Gasteiger partial charge is 0.368 e. The van der Waals surface area contributed by atoms with Crippen LogP contribution >= 0.6 is 0 Å². The predicted octanol–water partition coefficient (Wildman–Crippen LogP) is 5.21. The molecule has 0 aliphatic carbocycles. The monoisotopic (exact) mass is 493 g/mol. The number of fused-ring (bicyclic) bond motifs is 1. The van der Waals surface area contributed by atoms with Crippen molar-refractivity contribution in [2.75, 3.05) is 5.73 Å². The van der Waals surface area contributed by atoms with Gasteiger partial charge in [-0.3, -0.25) is 0 Å². The van der Waals surface area contributed by atoms with Crippen LogP contribution in [0.4, 0.5) is 14.7 Å². The van der Waals surface area contributed by atoms with Crippen molar-refractivity contribution < 1.29 is 17.2 Å². The number of imidazole rings is 2. The van der Waals surface area contributed by atoms with Gasteiger partial charge in [0.25, 0.3) is 0 Å². The van der Waals surface area contributed by atoms with Crippen molar-refractivity contribution in [3.8, 4) is 33.9 Å². The van der Waals surface area contributed by atoms with Crippen molar-refractivity contribution in [2.24, 2.45) is 0 Å². The summed E-state index contributed by atoms with van der Waals surface area (Å²) in [7, 11) is -3.79. The molecular formula is C25H21F2N5O2S. The number of rotatable bonds is 5. The summed E-state index contributed by atoms with van der Waals surface area (Å²) in [6.45, 7) is 3.12. The van der Waals surface area contributed by atoms with Crippen LogP contribution in [-0.2, 0) is 10.0 Å². The van der Waals surface area contributed by atoms with Gasteiger partial charge in [0.2, 0.25) is 16.0 Å². The predicted molar refractivity (Wildman–Crippen MR) is 132 cm³/mol. The fourth-order valence-corrected chi connectivity index (χ4v) is 5.04. The van der Waals surface area contributed by atoms with Gasteiger partial charge in [0.1, 0.15) is 17.5 Å². The number of nitrogens with one attached hydrogen (secondary N) is 1. The van der Waals surface area contributed by atoms with Crippen LogP contribution in [-0.4, -0.2) is 32.6 Å². The Labute approximate surface area is 200 Å². The Bertz CT molecular complexity index is 1680. The van der Waals surface area contributed by atoms with Gasteiger partial charge in [0.05, 0.1) is 33.2 Å². The number of halogens is 2. The third kappa shape index (κ3) is 3.85. The van der Waals surface area contributed by atoms with Crippen LogP contribution in [0, 0.1) is 11.6 Å². The lowest BCUT2D eigenvalue weighted by Gasteiger charge is -2.11. The molecule has 178 valence electrons. The van der Waals surface area contributed by atoms with Crippen LogP contribution in [0.3, 0.4) is 0 Å². The molecular weight excluding hydrogens is 472 g/mol. The van der Waals surface area contributed by atoms with Crippen molar-refractivity contribution in [1.29, 1.82) is 0 Å². The second-order valence-corrected chi connectivity index (χ2v) is 10.7. The number of nitrogen functional groups attached to an aromatic ring is 1. The van der Waals surface area contributed by atoms with Gasteiger partial charge in [-0.1, -0.05) is 36.4 Å². The first-order valence-corrected chi connectivity index (χ1v) is 12.3. The quantitative estimate of drug-likeness (QED) is 0.350. The van der Waals surface area contributed by atoms with E-state index in [1.165, 1.54) is 0 Å². The van der Waals surface area contributed by atoms with E-state index in [0.717, 1.165) is 27.7 Å². The highest BCUT2D eigenvalue weighted by atomic mass is 32.2. The number of anilines is 1. The van der Waals surface area contributed by atoms with Gasteiger partial charge in [-0.25, -0.2) is 31.1 Å². The number of aromatic nitrogens is 4. The van der Waals surface area contributed by atoms with Crippen molar-refractivity contribution in [1.82, 2.24) is 18.9 Å². The lowest BCUT2D eigenvalue weighted by molar-refractivity contribution is 0.580. The maximum atomic E-state index is 14.6. The van der Waals surface area contributed by atoms with Crippen LogP contribution in [0.2, 0.25) is 0 Å². The first kappa shape index (κ1) is 22.7. The summed E-state index contributed by atoms with van der Waals surface area (Å²) < 4.78 is 55.4. The standard InChI is InChI=1S/C25H21F2N5O2S/c1-14(2)35(33,34)32-21-12-16(8-11-20(21)29-25(32)28)23-22(15-6-4-3-5-7-15)30-24(31-23)18-13-17(26)9-10-19(18)27/h3-14H,1-2H3,(H2,28,29)(H,30,31). The van der Waals surface area contributed by atoms with Crippen LogP contribution in [0.15, 0.2) is 66.7 Å². The van der Waals surface area contributed by atoms with E-state index in [-0.39, 0.29) is 17.3 Å². The molecule has 0 unspecified atom stereocenters. The zero-order valence-electron chi connectivity index (χ0n) is 18.8. The van der Waals surface area contributed by atoms with E-state index in [4.69, 9.17) is 5.73 Å². The summed E-state index contributed by atoms with van der Waals surface area (Å²) >= 11 is 0. The molecule has 0 bridgehead atoms. The highest BCUT2D eigenvalue weighted by molar-refractivity contribution is 7.90. The molecule has 0 amide bonds. The molecule has 2 aromatic heterocycles. The Morgan fingerprint density at radius 1 is 0.943 bits per heavy atom. The smallest absolute Gasteiger partial charge is 0.244 e. The molecule has 0 aliphatic heterocycles. The van der Waals surface area contributed by atoms with E-state index in [1.807, 2.05) is 30.3 Å². The molecule has 0 spiro atoms. The number of benzene rings is 3. The number of aromatic amines is 1. The number of nitrogens with two attached hydrogens (primary N) is 1. The van der Waals surface area contributed by atoms with Crippen molar-refractivity contribution in [3.63, 3.8) is 0 Å². The highest BCUT2D eigenvalue weighted by Crippen LogP contribution is 2.36. The molecule has 0 fully saturated rings. The number of hydrogen-bond donors (Lipinski definition) is 2. The SMILES string of the molecule is CC(C)S(=O)(=O)n1c(N)nc2ccc(-c3nc(-c4cc(F)ccc4F)[nH]c3-c3ccccc3)cc21. The normalized spacial score (nSPS) is 12.0. The lowest BCUT2D eigenvalue weighted by Crippen LogP contribution is -2.23. The molecule has 2 heterocycles. The average molecular weight is 494 g/mol. The van der Waals surface area contributed by atoms with Gasteiger partial charge in [-0.15, -0.1) is 0 Å². The molecule has 0 atom stereocenters. The molecule has 0 radical (unpaired) electrons. The van der Waals surface area contributed by atoms with Gasteiger partial charge in [0.15, 0.2) is 0 Å². The van der Waals surface area contributed by atoms with E-state index < -0.39 is 26.9 Å². The summed E-state index contributed by atoms with van der Waals surface area (Å²) in [4.78, 5) is 11.9. The molecule has 35 heavy (non-hydrogen) atoms. The van der Waals surface area contributed by atoms with E-state index in [2.05, 4.69) is 15.0 Å². The van der Waals surface area contributed by atoms with Gasteiger partial charge in [-0.2, -0.15) is 0 Å². The summed E-state index contributed by atoms with van der Waals surface area (Å²) in [5.74, 6) is -1.23. The minimum Gasteiger partial charge on any atom is -0.368 e. The molecule has 0 saturated carbocycles. The minimum atomic E-state index is -3.79. The molecule has 7 nitrogen and oxygen atoms in total. The van der Waals surface area contributed by atoms with Gasteiger partial charge < -0.3 is 10.7 Å². The second kappa shape index (κ2) is 8.31. The third-order valence-electron chi connectivity index (χ3n) is 5.71. The Hall–Kier alpha value is -4.05. The van der Waals surface area contributed by atoms with E-state index in [0.29, 0.717) is 28.0 Å². The lowest BCUT2D eigenvalue weighted by atomic mass is 10.0. The van der Waals surface area contributed by atoms with Gasteiger partial charge >= 0.3 is 0 Å². The number of hydrogen-bond acceptors (Lipinski definition) is 5. The van der Waals surface area contributed by atoms with E-state index in [9.17, 15) is 17.2 Å². The Kier molecular flexibility index (Phi) is 5.40. The molecule has 0 aliphatic rings. The fourth-order valence-electron chi connectivity index (χ4n) is 3.90. The summed E-state index contributed by atoms with van der Waals surface area (Å²) in [6.07, 6.45) is 0. The van der Waals surface area contributed by atoms with Gasteiger partial charge in [-0.05, 0) is 44.2 Å². The zero-order chi connectivity index (χ0) is 24.9. The van der Waals surface area contributed by atoms with Crippen LogP contribution < -0.4 is 5.73 Å². The van der Waals surface area contributed by atoms with E-state index >= 15 is 0 Å². The van der Waals surface area contributed by atoms with Crippen LogP contribution in [0.25, 0.3) is 44.9 Å². The molecule has 10 heteroatoms. The zero-order valence-corrected chi connectivity index (χ0v) is 19.6. The summed E-state index contributed by atoms with van der Waals surface area (Å²) in [5, 5.41) is -0.723. The third-order valence-corrected chi connectivity index (χ3v) is 7.79. The summed E-state index contributed by atoms with van der Waals surface area (Å²) in [6, 6.07) is 17.4. The fraction of sp³-hybridized carbons (Fsp3) is 0.120. The van der Waals surface area contributed by atoms with Crippen molar-refractivity contribution in [3.05, 3.63) is 78.4 Å².